The zero-order chi connectivity index (χ0) is 12.3. The Morgan fingerprint density at radius 2 is 2.00 bits per heavy atom. The van der Waals surface area contributed by atoms with Crippen LogP contribution >= 0.6 is 0 Å². The average Bonchev–Trinajstić information content (AvgIpc) is 2.64. The summed E-state index contributed by atoms with van der Waals surface area (Å²) in [6.45, 7) is 3.10. The molecule has 0 fully saturated rings. The number of rotatable bonds is 4. The van der Waals surface area contributed by atoms with Crippen molar-refractivity contribution < 1.29 is 0 Å². The molecule has 0 aliphatic heterocycles. The number of hydrogen-bond donors (Lipinski definition) is 1. The van der Waals surface area contributed by atoms with Crippen molar-refractivity contribution in [2.45, 2.75) is 13.3 Å². The molecule has 0 saturated heterocycles. The summed E-state index contributed by atoms with van der Waals surface area (Å²) in [6, 6.07) is 3.99. The molecular formula is C13H18N4. The Labute approximate surface area is 102 Å². The van der Waals surface area contributed by atoms with E-state index in [1.807, 2.05) is 30.9 Å². The predicted molar refractivity (Wildman–Crippen MR) is 68.8 cm³/mol. The molecule has 0 saturated carbocycles. The van der Waals surface area contributed by atoms with Crippen molar-refractivity contribution in [3.8, 4) is 11.3 Å². The van der Waals surface area contributed by atoms with E-state index >= 15 is 0 Å². The highest BCUT2D eigenvalue weighted by atomic mass is 15.3. The van der Waals surface area contributed by atoms with Crippen molar-refractivity contribution >= 4 is 0 Å². The lowest BCUT2D eigenvalue weighted by Gasteiger charge is -2.02. The number of likely N-dealkylation sites (N-methyl/N-ethyl adjacent to an activating group) is 1. The Hall–Kier alpha value is -1.68. The second-order valence-corrected chi connectivity index (χ2v) is 4.13. The maximum Gasteiger partial charge on any atom is 0.0956 e. The van der Waals surface area contributed by atoms with Crippen molar-refractivity contribution in [2.24, 2.45) is 7.05 Å². The van der Waals surface area contributed by atoms with E-state index in [0.717, 1.165) is 24.2 Å². The Kier molecular flexibility index (Phi) is 3.54. The summed E-state index contributed by atoms with van der Waals surface area (Å²) in [5.41, 5.74) is 4.73. The first-order valence-electron chi connectivity index (χ1n) is 5.81. The number of pyridine rings is 1. The molecule has 1 N–H and O–H groups in total. The lowest BCUT2D eigenvalue weighted by molar-refractivity contribution is 0.680. The van der Waals surface area contributed by atoms with Crippen molar-refractivity contribution in [3.63, 3.8) is 0 Å². The van der Waals surface area contributed by atoms with Gasteiger partial charge < -0.3 is 5.32 Å². The van der Waals surface area contributed by atoms with E-state index in [0.29, 0.717) is 0 Å². The third kappa shape index (κ3) is 2.36. The smallest absolute Gasteiger partial charge is 0.0956 e. The highest BCUT2D eigenvalue weighted by Gasteiger charge is 2.12. The van der Waals surface area contributed by atoms with Gasteiger partial charge in [0.15, 0.2) is 0 Å². The summed E-state index contributed by atoms with van der Waals surface area (Å²) in [5, 5.41) is 7.76. The van der Waals surface area contributed by atoms with Crippen LogP contribution in [-0.2, 0) is 13.5 Å². The summed E-state index contributed by atoms with van der Waals surface area (Å²) in [4.78, 5) is 4.03. The van der Waals surface area contributed by atoms with Gasteiger partial charge in [0.2, 0.25) is 0 Å². The third-order valence-electron chi connectivity index (χ3n) is 2.99. The van der Waals surface area contributed by atoms with E-state index < -0.39 is 0 Å². The molecule has 0 atom stereocenters. The number of hydrogen-bond acceptors (Lipinski definition) is 3. The summed E-state index contributed by atoms with van der Waals surface area (Å²) in [5.74, 6) is 0. The topological polar surface area (TPSA) is 42.7 Å². The molecule has 4 nitrogen and oxygen atoms in total. The summed E-state index contributed by atoms with van der Waals surface area (Å²) in [6.07, 6.45) is 4.60. The minimum Gasteiger partial charge on any atom is -0.319 e. The fraction of sp³-hybridized carbons (Fsp3) is 0.385. The largest absolute Gasteiger partial charge is 0.319 e. The zero-order valence-electron chi connectivity index (χ0n) is 10.6. The fourth-order valence-electron chi connectivity index (χ4n) is 2.04. The molecule has 2 rings (SSSR count). The van der Waals surface area contributed by atoms with E-state index in [1.54, 1.807) is 12.4 Å². The molecule has 0 unspecified atom stereocenters. The number of aryl methyl sites for hydroxylation is 1. The molecule has 0 spiro atoms. The highest BCUT2D eigenvalue weighted by molar-refractivity contribution is 5.63. The van der Waals surface area contributed by atoms with Crippen molar-refractivity contribution in [3.05, 3.63) is 35.8 Å². The van der Waals surface area contributed by atoms with Crippen LogP contribution in [0.1, 0.15) is 11.3 Å². The van der Waals surface area contributed by atoms with Gasteiger partial charge in [-0.15, -0.1) is 0 Å². The SMILES string of the molecule is CNCCc1c(C)c(-c2ccncc2)nn1C. The minimum absolute atomic E-state index is 0.968. The monoisotopic (exact) mass is 230 g/mol. The Bertz CT molecular complexity index is 488. The second-order valence-electron chi connectivity index (χ2n) is 4.13. The van der Waals surface area contributed by atoms with E-state index in [9.17, 15) is 0 Å². The molecule has 2 aromatic rings. The van der Waals surface area contributed by atoms with Gasteiger partial charge in [0, 0.05) is 43.7 Å². The van der Waals surface area contributed by atoms with Crippen LogP contribution in [0.15, 0.2) is 24.5 Å². The summed E-state index contributed by atoms with van der Waals surface area (Å²) < 4.78 is 1.97. The van der Waals surface area contributed by atoms with Gasteiger partial charge in [0.1, 0.15) is 0 Å². The molecular weight excluding hydrogens is 212 g/mol. The first-order chi connectivity index (χ1) is 8.24. The van der Waals surface area contributed by atoms with Gasteiger partial charge >= 0.3 is 0 Å². The van der Waals surface area contributed by atoms with Crippen LogP contribution < -0.4 is 5.32 Å². The molecule has 2 heterocycles. The number of nitrogens with zero attached hydrogens (tertiary/aromatic N) is 3. The van der Waals surface area contributed by atoms with Crippen LogP contribution in [0.4, 0.5) is 0 Å². The van der Waals surface area contributed by atoms with Gasteiger partial charge in [-0.2, -0.15) is 5.10 Å². The second kappa shape index (κ2) is 5.10. The maximum atomic E-state index is 4.59. The highest BCUT2D eigenvalue weighted by Crippen LogP contribution is 2.23. The lowest BCUT2D eigenvalue weighted by Crippen LogP contribution is -2.13. The number of nitrogens with one attached hydrogen (secondary N) is 1. The maximum absolute atomic E-state index is 4.59. The van der Waals surface area contributed by atoms with E-state index in [-0.39, 0.29) is 0 Å². The van der Waals surface area contributed by atoms with Gasteiger partial charge in [-0.05, 0) is 31.7 Å². The van der Waals surface area contributed by atoms with Crippen LogP contribution in [-0.4, -0.2) is 28.4 Å². The van der Waals surface area contributed by atoms with Crippen LogP contribution in [0.25, 0.3) is 11.3 Å². The van der Waals surface area contributed by atoms with Crippen LogP contribution in [0.5, 0.6) is 0 Å². The molecule has 0 amide bonds. The zero-order valence-corrected chi connectivity index (χ0v) is 10.6. The lowest BCUT2D eigenvalue weighted by atomic mass is 10.1. The molecule has 0 aliphatic rings. The molecule has 17 heavy (non-hydrogen) atoms. The normalized spacial score (nSPS) is 10.8. The van der Waals surface area contributed by atoms with Gasteiger partial charge in [0.25, 0.3) is 0 Å². The van der Waals surface area contributed by atoms with Crippen molar-refractivity contribution in [1.82, 2.24) is 20.1 Å². The van der Waals surface area contributed by atoms with E-state index in [4.69, 9.17) is 0 Å². The Morgan fingerprint density at radius 1 is 1.29 bits per heavy atom. The fourth-order valence-corrected chi connectivity index (χ4v) is 2.04. The quantitative estimate of drug-likeness (QED) is 0.866. The van der Waals surface area contributed by atoms with Gasteiger partial charge in [0.05, 0.1) is 5.69 Å². The van der Waals surface area contributed by atoms with Crippen molar-refractivity contribution in [2.75, 3.05) is 13.6 Å². The van der Waals surface area contributed by atoms with Gasteiger partial charge in [-0.25, -0.2) is 0 Å². The van der Waals surface area contributed by atoms with Gasteiger partial charge in [-0.3, -0.25) is 9.67 Å². The molecule has 0 aliphatic carbocycles. The third-order valence-corrected chi connectivity index (χ3v) is 2.99. The first kappa shape index (κ1) is 11.8. The molecule has 90 valence electrons. The predicted octanol–water partition coefficient (Wildman–Crippen LogP) is 1.55. The first-order valence-corrected chi connectivity index (χ1v) is 5.81. The number of aromatic nitrogens is 3. The molecule has 2 aromatic heterocycles. The molecule has 0 aromatic carbocycles. The van der Waals surface area contributed by atoms with Crippen LogP contribution in [0.2, 0.25) is 0 Å². The molecule has 0 bridgehead atoms. The van der Waals surface area contributed by atoms with Gasteiger partial charge in [-0.1, -0.05) is 0 Å². The standard InChI is InChI=1S/C13H18N4/c1-10-12(6-7-14-2)17(3)16-13(10)11-4-8-15-9-5-11/h4-5,8-9,14H,6-7H2,1-3H3. The minimum atomic E-state index is 0.968. The molecule has 0 radical (unpaired) electrons. The average molecular weight is 230 g/mol. The molecule has 4 heteroatoms. The summed E-state index contributed by atoms with van der Waals surface area (Å²) in [7, 11) is 3.97. The van der Waals surface area contributed by atoms with Crippen molar-refractivity contribution in [1.29, 1.82) is 0 Å². The van der Waals surface area contributed by atoms with E-state index in [2.05, 4.69) is 22.3 Å². The Morgan fingerprint density at radius 3 is 2.65 bits per heavy atom. The van der Waals surface area contributed by atoms with Crippen LogP contribution in [0, 0.1) is 6.92 Å². The van der Waals surface area contributed by atoms with Crippen LogP contribution in [0.3, 0.4) is 0 Å². The van der Waals surface area contributed by atoms with E-state index in [1.165, 1.54) is 11.3 Å². The summed E-state index contributed by atoms with van der Waals surface area (Å²) >= 11 is 0. The Balaban J connectivity index is 2.37.